The molecule has 4 aromatic carbocycles. The Morgan fingerprint density at radius 2 is 1.40 bits per heavy atom. The molecule has 4 heteroatoms. The zero-order valence-electron chi connectivity index (χ0n) is 16.6. The van der Waals surface area contributed by atoms with Crippen LogP contribution in [0.3, 0.4) is 0 Å². The Bertz CT molecular complexity index is 1320. The van der Waals surface area contributed by atoms with Gasteiger partial charge in [-0.05, 0) is 54.1 Å². The van der Waals surface area contributed by atoms with Crippen LogP contribution in [0, 0.1) is 0 Å². The largest absolute Gasteiger partial charge is 0.508 e. The van der Waals surface area contributed by atoms with Gasteiger partial charge in [0.1, 0.15) is 5.75 Å². The highest BCUT2D eigenvalue weighted by molar-refractivity contribution is 6.09. The summed E-state index contributed by atoms with van der Waals surface area (Å²) in [4.78, 5) is 0. The number of nitrogens with zero attached hydrogens (tertiary/aromatic N) is 3. The van der Waals surface area contributed by atoms with E-state index in [0.717, 1.165) is 38.7 Å². The van der Waals surface area contributed by atoms with Crippen LogP contribution in [0.2, 0.25) is 0 Å². The number of para-hydroxylation sites is 2. The molecule has 0 spiro atoms. The Morgan fingerprint density at radius 3 is 2.07 bits per heavy atom. The minimum absolute atomic E-state index is 0.280. The number of phenolic OH excluding ortho intramolecular Hbond substituents is 1. The summed E-state index contributed by atoms with van der Waals surface area (Å²) in [7, 11) is 2.04. The first-order valence-electron chi connectivity index (χ1n) is 9.86. The van der Waals surface area contributed by atoms with Crippen molar-refractivity contribution < 1.29 is 5.11 Å². The van der Waals surface area contributed by atoms with Gasteiger partial charge in [-0.1, -0.05) is 48.5 Å². The van der Waals surface area contributed by atoms with Gasteiger partial charge in [0.15, 0.2) is 0 Å². The molecule has 5 rings (SSSR count). The molecule has 0 aliphatic heterocycles. The van der Waals surface area contributed by atoms with Gasteiger partial charge in [0, 0.05) is 28.9 Å². The number of hydrogen-bond acceptors (Lipinski definition) is 3. The minimum atomic E-state index is 0.280. The first kappa shape index (κ1) is 18.0. The second-order valence-corrected chi connectivity index (χ2v) is 7.26. The summed E-state index contributed by atoms with van der Waals surface area (Å²) in [6, 6.07) is 32.0. The SMILES string of the molecule is Cn1c2ccc(O)cc2c2ccc(C=NN(c3ccccc3)c3ccccc3)cc21. The summed E-state index contributed by atoms with van der Waals surface area (Å²) >= 11 is 0. The van der Waals surface area contributed by atoms with Crippen LogP contribution in [0.25, 0.3) is 21.8 Å². The monoisotopic (exact) mass is 391 g/mol. The van der Waals surface area contributed by atoms with Crippen molar-refractivity contribution in [2.24, 2.45) is 12.1 Å². The molecule has 1 heterocycles. The normalized spacial score (nSPS) is 11.5. The molecule has 0 saturated carbocycles. The maximum Gasteiger partial charge on any atom is 0.116 e. The van der Waals surface area contributed by atoms with Gasteiger partial charge >= 0.3 is 0 Å². The average Bonchev–Trinajstić information content (AvgIpc) is 3.06. The van der Waals surface area contributed by atoms with Gasteiger partial charge in [-0.25, -0.2) is 5.01 Å². The van der Waals surface area contributed by atoms with Gasteiger partial charge < -0.3 is 9.67 Å². The van der Waals surface area contributed by atoms with Crippen molar-refractivity contribution in [1.82, 2.24) is 4.57 Å². The van der Waals surface area contributed by atoms with E-state index in [0.29, 0.717) is 0 Å². The van der Waals surface area contributed by atoms with Gasteiger partial charge in [-0.15, -0.1) is 0 Å². The summed E-state index contributed by atoms with van der Waals surface area (Å²) in [6.07, 6.45) is 1.88. The van der Waals surface area contributed by atoms with Gasteiger partial charge in [0.2, 0.25) is 0 Å². The molecule has 0 fully saturated rings. The van der Waals surface area contributed by atoms with Gasteiger partial charge in [-0.3, -0.25) is 0 Å². The van der Waals surface area contributed by atoms with Crippen molar-refractivity contribution in [1.29, 1.82) is 0 Å². The summed E-state index contributed by atoms with van der Waals surface area (Å²) in [5, 5.41) is 18.8. The molecule has 0 bridgehead atoms. The van der Waals surface area contributed by atoms with Gasteiger partial charge in [0.25, 0.3) is 0 Å². The number of rotatable bonds is 4. The number of phenols is 1. The molecule has 1 aromatic heterocycles. The lowest BCUT2D eigenvalue weighted by Crippen LogP contribution is -2.09. The third-order valence-corrected chi connectivity index (χ3v) is 5.34. The molecule has 5 aromatic rings. The van der Waals surface area contributed by atoms with Crippen LogP contribution in [-0.2, 0) is 7.05 Å². The fourth-order valence-electron chi connectivity index (χ4n) is 3.84. The predicted molar refractivity (Wildman–Crippen MR) is 125 cm³/mol. The summed E-state index contributed by atoms with van der Waals surface area (Å²) in [5.41, 5.74) is 5.20. The van der Waals surface area contributed by atoms with E-state index in [1.54, 1.807) is 6.07 Å². The molecule has 0 aliphatic carbocycles. The van der Waals surface area contributed by atoms with Crippen molar-refractivity contribution in [3.05, 3.63) is 103 Å². The number of aromatic hydroxyl groups is 1. The van der Waals surface area contributed by atoms with E-state index in [1.165, 1.54) is 0 Å². The molecule has 4 nitrogen and oxygen atoms in total. The van der Waals surface area contributed by atoms with Crippen molar-refractivity contribution in [2.45, 2.75) is 0 Å². The first-order chi connectivity index (χ1) is 14.7. The average molecular weight is 391 g/mol. The molecule has 146 valence electrons. The Morgan fingerprint density at radius 1 is 0.733 bits per heavy atom. The lowest BCUT2D eigenvalue weighted by molar-refractivity contribution is 0.476. The molecular formula is C26H21N3O. The highest BCUT2D eigenvalue weighted by atomic mass is 16.3. The van der Waals surface area contributed by atoms with E-state index >= 15 is 0 Å². The number of aryl methyl sites for hydroxylation is 1. The number of aromatic nitrogens is 1. The summed E-state index contributed by atoms with van der Waals surface area (Å²) in [6.45, 7) is 0. The van der Waals surface area contributed by atoms with Crippen LogP contribution in [0.4, 0.5) is 11.4 Å². The number of hydrazone groups is 1. The van der Waals surface area contributed by atoms with Gasteiger partial charge in [-0.2, -0.15) is 5.10 Å². The molecule has 0 amide bonds. The number of anilines is 2. The van der Waals surface area contributed by atoms with Crippen LogP contribution in [-0.4, -0.2) is 15.9 Å². The maximum atomic E-state index is 9.88. The fourth-order valence-corrected chi connectivity index (χ4v) is 3.84. The van der Waals surface area contributed by atoms with Crippen LogP contribution in [0.5, 0.6) is 5.75 Å². The van der Waals surface area contributed by atoms with Crippen molar-refractivity contribution in [3.8, 4) is 5.75 Å². The zero-order chi connectivity index (χ0) is 20.5. The number of hydrogen-bond donors (Lipinski definition) is 1. The second-order valence-electron chi connectivity index (χ2n) is 7.26. The van der Waals surface area contributed by atoms with Crippen molar-refractivity contribution in [3.63, 3.8) is 0 Å². The third-order valence-electron chi connectivity index (χ3n) is 5.34. The van der Waals surface area contributed by atoms with Crippen LogP contribution in [0.1, 0.15) is 5.56 Å². The van der Waals surface area contributed by atoms with E-state index in [4.69, 9.17) is 5.10 Å². The molecular weight excluding hydrogens is 370 g/mol. The Labute approximate surface area is 174 Å². The van der Waals surface area contributed by atoms with Crippen LogP contribution < -0.4 is 5.01 Å². The van der Waals surface area contributed by atoms with E-state index in [-0.39, 0.29) is 5.75 Å². The van der Waals surface area contributed by atoms with E-state index in [9.17, 15) is 5.11 Å². The molecule has 0 unspecified atom stereocenters. The molecule has 30 heavy (non-hydrogen) atoms. The molecule has 1 N–H and O–H groups in total. The smallest absolute Gasteiger partial charge is 0.116 e. The Kier molecular flexibility index (Phi) is 4.45. The summed E-state index contributed by atoms with van der Waals surface area (Å²) in [5.74, 6) is 0.280. The summed E-state index contributed by atoms with van der Waals surface area (Å²) < 4.78 is 2.15. The Hall–Kier alpha value is -4.05. The lowest BCUT2D eigenvalue weighted by Gasteiger charge is -2.19. The first-order valence-corrected chi connectivity index (χ1v) is 9.86. The highest BCUT2D eigenvalue weighted by Crippen LogP contribution is 2.31. The molecule has 0 radical (unpaired) electrons. The highest BCUT2D eigenvalue weighted by Gasteiger charge is 2.10. The zero-order valence-corrected chi connectivity index (χ0v) is 16.6. The molecule has 0 aliphatic rings. The van der Waals surface area contributed by atoms with Gasteiger partial charge in [0.05, 0.1) is 17.6 Å². The fraction of sp³-hybridized carbons (Fsp3) is 0.0385. The van der Waals surface area contributed by atoms with Crippen molar-refractivity contribution >= 4 is 39.4 Å². The lowest BCUT2D eigenvalue weighted by atomic mass is 10.1. The second kappa shape index (κ2) is 7.41. The third kappa shape index (κ3) is 3.18. The topological polar surface area (TPSA) is 40.8 Å². The molecule has 0 saturated heterocycles. The van der Waals surface area contributed by atoms with Crippen molar-refractivity contribution in [2.75, 3.05) is 5.01 Å². The predicted octanol–water partition coefficient (Wildman–Crippen LogP) is 6.21. The van der Waals surface area contributed by atoms with E-state index in [2.05, 4.69) is 22.8 Å². The minimum Gasteiger partial charge on any atom is -0.508 e. The Balaban J connectivity index is 1.57. The number of benzene rings is 4. The number of fused-ring (bicyclic) bond motifs is 3. The van der Waals surface area contributed by atoms with Crippen LogP contribution in [0.15, 0.2) is 102 Å². The maximum absolute atomic E-state index is 9.88. The standard InChI is InChI=1S/C26H21N3O/c1-28-25-15-13-22(30)17-24(25)23-14-12-19(16-26(23)28)18-27-29(20-8-4-2-5-9-20)21-10-6-3-7-11-21/h2-18,30H,1H3. The quantitative estimate of drug-likeness (QED) is 0.292. The van der Waals surface area contributed by atoms with Crippen LogP contribution >= 0.6 is 0 Å². The molecule has 0 atom stereocenters. The van der Waals surface area contributed by atoms with E-state index in [1.807, 2.05) is 91.1 Å². The van der Waals surface area contributed by atoms with E-state index < -0.39 is 0 Å².